The van der Waals surface area contributed by atoms with E-state index in [-0.39, 0.29) is 17.4 Å². The van der Waals surface area contributed by atoms with Gasteiger partial charge in [-0.25, -0.2) is 0 Å². The fraction of sp³-hybridized carbons (Fsp3) is 0.929. The Morgan fingerprint density at radius 2 is 1.88 bits per heavy atom. The Hall–Kier alpha value is -0.240. The molecule has 1 amide bonds. The SMILES string of the molecule is CC(C)CC(CCl)NC(=O)C1(C)CCCCC1. The van der Waals surface area contributed by atoms with Gasteiger partial charge in [-0.2, -0.15) is 0 Å². The van der Waals surface area contributed by atoms with Crippen molar-refractivity contribution in [2.45, 2.75) is 65.3 Å². The highest BCUT2D eigenvalue weighted by molar-refractivity contribution is 6.18. The molecule has 0 spiro atoms. The van der Waals surface area contributed by atoms with E-state index in [1.807, 2.05) is 0 Å². The molecule has 1 atom stereocenters. The van der Waals surface area contributed by atoms with E-state index < -0.39 is 0 Å². The fourth-order valence-electron chi connectivity index (χ4n) is 2.65. The maximum Gasteiger partial charge on any atom is 0.226 e. The summed E-state index contributed by atoms with van der Waals surface area (Å²) in [6.07, 6.45) is 6.64. The highest BCUT2D eigenvalue weighted by Gasteiger charge is 2.35. The van der Waals surface area contributed by atoms with Gasteiger partial charge in [-0.1, -0.05) is 40.0 Å². The molecule has 0 heterocycles. The van der Waals surface area contributed by atoms with Gasteiger partial charge < -0.3 is 5.32 Å². The average molecular weight is 260 g/mol. The lowest BCUT2D eigenvalue weighted by atomic mass is 9.75. The number of amides is 1. The number of nitrogens with one attached hydrogen (secondary N) is 1. The molecule has 17 heavy (non-hydrogen) atoms. The molecule has 2 nitrogen and oxygen atoms in total. The Bertz CT molecular complexity index is 247. The summed E-state index contributed by atoms with van der Waals surface area (Å²) >= 11 is 5.93. The van der Waals surface area contributed by atoms with E-state index in [2.05, 4.69) is 26.1 Å². The van der Waals surface area contributed by atoms with Gasteiger partial charge in [-0.3, -0.25) is 4.79 Å². The van der Waals surface area contributed by atoms with Crippen LogP contribution in [0.15, 0.2) is 0 Å². The van der Waals surface area contributed by atoms with Gasteiger partial charge >= 0.3 is 0 Å². The smallest absolute Gasteiger partial charge is 0.226 e. The largest absolute Gasteiger partial charge is 0.352 e. The van der Waals surface area contributed by atoms with Crippen molar-refractivity contribution in [3.8, 4) is 0 Å². The second-order valence-corrected chi connectivity index (χ2v) is 6.38. The summed E-state index contributed by atoms with van der Waals surface area (Å²) in [7, 11) is 0. The summed E-state index contributed by atoms with van der Waals surface area (Å²) in [5.41, 5.74) is -0.153. The first-order valence-corrected chi connectivity index (χ1v) is 7.38. The van der Waals surface area contributed by atoms with Crippen LogP contribution in [0.2, 0.25) is 0 Å². The molecule has 1 aliphatic rings. The average Bonchev–Trinajstić information content (AvgIpc) is 2.28. The molecular weight excluding hydrogens is 234 g/mol. The molecule has 1 fully saturated rings. The third-order valence-electron chi connectivity index (χ3n) is 3.78. The van der Waals surface area contributed by atoms with Crippen LogP contribution in [0.3, 0.4) is 0 Å². The number of rotatable bonds is 5. The molecule has 0 saturated heterocycles. The molecule has 1 N–H and O–H groups in total. The van der Waals surface area contributed by atoms with E-state index in [0.29, 0.717) is 11.8 Å². The molecule has 1 saturated carbocycles. The molecule has 0 bridgehead atoms. The number of hydrogen-bond acceptors (Lipinski definition) is 1. The predicted octanol–water partition coefficient (Wildman–Crippen LogP) is 3.73. The zero-order valence-electron chi connectivity index (χ0n) is 11.4. The second-order valence-electron chi connectivity index (χ2n) is 6.08. The van der Waals surface area contributed by atoms with Gasteiger partial charge in [0, 0.05) is 17.3 Å². The van der Waals surface area contributed by atoms with Crippen LogP contribution < -0.4 is 5.32 Å². The molecule has 0 aliphatic heterocycles. The van der Waals surface area contributed by atoms with Gasteiger partial charge in [0.25, 0.3) is 0 Å². The van der Waals surface area contributed by atoms with E-state index in [9.17, 15) is 4.79 Å². The normalized spacial score (nSPS) is 21.2. The van der Waals surface area contributed by atoms with Gasteiger partial charge in [-0.15, -0.1) is 11.6 Å². The van der Waals surface area contributed by atoms with Crippen molar-refractivity contribution in [2.75, 3.05) is 5.88 Å². The first kappa shape index (κ1) is 14.8. The summed E-state index contributed by atoms with van der Waals surface area (Å²) in [6, 6.07) is 0.128. The third-order valence-corrected chi connectivity index (χ3v) is 4.16. The van der Waals surface area contributed by atoms with Crippen molar-refractivity contribution in [3.63, 3.8) is 0 Å². The van der Waals surface area contributed by atoms with E-state index in [4.69, 9.17) is 11.6 Å². The Balaban J connectivity index is 2.50. The maximum absolute atomic E-state index is 12.3. The summed E-state index contributed by atoms with van der Waals surface area (Å²) in [4.78, 5) is 12.3. The molecule has 0 radical (unpaired) electrons. The van der Waals surface area contributed by atoms with Crippen molar-refractivity contribution >= 4 is 17.5 Å². The van der Waals surface area contributed by atoms with E-state index in [0.717, 1.165) is 19.3 Å². The molecule has 1 rings (SSSR count). The molecule has 1 unspecified atom stereocenters. The first-order chi connectivity index (χ1) is 7.98. The zero-order valence-corrected chi connectivity index (χ0v) is 12.1. The standard InChI is InChI=1S/C14H26ClNO/c1-11(2)9-12(10-15)16-13(17)14(3)7-5-4-6-8-14/h11-12H,4-10H2,1-3H3,(H,16,17). The van der Waals surface area contributed by atoms with E-state index >= 15 is 0 Å². The molecule has 3 heteroatoms. The molecule has 100 valence electrons. The van der Waals surface area contributed by atoms with Crippen molar-refractivity contribution in [1.82, 2.24) is 5.32 Å². The lowest BCUT2D eigenvalue weighted by Gasteiger charge is -2.33. The van der Waals surface area contributed by atoms with E-state index in [1.54, 1.807) is 0 Å². The summed E-state index contributed by atoms with van der Waals surface area (Å²) in [6.45, 7) is 6.42. The van der Waals surface area contributed by atoms with Gasteiger partial charge in [0.05, 0.1) is 0 Å². The summed E-state index contributed by atoms with van der Waals surface area (Å²) in [5.74, 6) is 1.29. The highest BCUT2D eigenvalue weighted by Crippen LogP contribution is 2.36. The van der Waals surface area contributed by atoms with Crippen LogP contribution in [0.4, 0.5) is 0 Å². The summed E-state index contributed by atoms with van der Waals surface area (Å²) in [5, 5.41) is 3.14. The molecule has 0 aromatic heterocycles. The van der Waals surface area contributed by atoms with Crippen LogP contribution in [0.5, 0.6) is 0 Å². The minimum absolute atomic E-state index is 0.128. The quantitative estimate of drug-likeness (QED) is 0.749. The lowest BCUT2D eigenvalue weighted by Crippen LogP contribution is -2.46. The van der Waals surface area contributed by atoms with Crippen molar-refractivity contribution in [2.24, 2.45) is 11.3 Å². The molecule has 0 aromatic carbocycles. The summed E-state index contributed by atoms with van der Waals surface area (Å²) < 4.78 is 0. The number of carbonyl (C=O) groups excluding carboxylic acids is 1. The van der Waals surface area contributed by atoms with Gasteiger partial charge in [0.1, 0.15) is 0 Å². The minimum Gasteiger partial charge on any atom is -0.352 e. The molecule has 0 aromatic rings. The van der Waals surface area contributed by atoms with Crippen LogP contribution in [0, 0.1) is 11.3 Å². The number of carbonyl (C=O) groups is 1. The number of alkyl halides is 1. The third kappa shape index (κ3) is 4.50. The van der Waals surface area contributed by atoms with Gasteiger partial charge in [0.2, 0.25) is 5.91 Å². The fourth-order valence-corrected chi connectivity index (χ4v) is 2.85. The molecule has 1 aliphatic carbocycles. The van der Waals surface area contributed by atoms with Crippen molar-refractivity contribution in [1.29, 1.82) is 0 Å². The lowest BCUT2D eigenvalue weighted by molar-refractivity contribution is -0.132. The monoisotopic (exact) mass is 259 g/mol. The Morgan fingerprint density at radius 1 is 1.29 bits per heavy atom. The van der Waals surface area contributed by atoms with Crippen LogP contribution in [0.25, 0.3) is 0 Å². The second kappa shape index (κ2) is 6.63. The highest BCUT2D eigenvalue weighted by atomic mass is 35.5. The van der Waals surface area contributed by atoms with Gasteiger partial charge in [-0.05, 0) is 25.2 Å². The Labute approximate surface area is 110 Å². The number of halogens is 1. The first-order valence-electron chi connectivity index (χ1n) is 6.85. The maximum atomic E-state index is 12.3. The van der Waals surface area contributed by atoms with Gasteiger partial charge in [0.15, 0.2) is 0 Å². The Kier molecular flexibility index (Phi) is 5.78. The zero-order chi connectivity index (χ0) is 12.9. The van der Waals surface area contributed by atoms with Crippen LogP contribution >= 0.6 is 11.6 Å². The minimum atomic E-state index is -0.153. The number of hydrogen-bond donors (Lipinski definition) is 1. The van der Waals surface area contributed by atoms with E-state index in [1.165, 1.54) is 19.3 Å². The van der Waals surface area contributed by atoms with Crippen molar-refractivity contribution < 1.29 is 4.79 Å². The Morgan fingerprint density at radius 3 is 2.35 bits per heavy atom. The van der Waals surface area contributed by atoms with Crippen LogP contribution in [0.1, 0.15) is 59.3 Å². The topological polar surface area (TPSA) is 29.1 Å². The van der Waals surface area contributed by atoms with Crippen molar-refractivity contribution in [3.05, 3.63) is 0 Å². The van der Waals surface area contributed by atoms with Crippen LogP contribution in [-0.2, 0) is 4.79 Å². The predicted molar refractivity (Wildman–Crippen MR) is 73.3 cm³/mol. The van der Waals surface area contributed by atoms with Crippen LogP contribution in [-0.4, -0.2) is 17.8 Å². The molecular formula is C14H26ClNO.